The number of halogens is 1. The van der Waals surface area contributed by atoms with E-state index in [4.69, 9.17) is 16.7 Å². The van der Waals surface area contributed by atoms with E-state index in [1.54, 1.807) is 0 Å². The molecule has 1 unspecified atom stereocenters. The Morgan fingerprint density at radius 3 is 2.81 bits per heavy atom. The molecular formula is C11H13ClN2O2. The van der Waals surface area contributed by atoms with E-state index in [9.17, 15) is 4.79 Å². The molecule has 0 amide bonds. The molecule has 0 aliphatic heterocycles. The van der Waals surface area contributed by atoms with E-state index in [0.717, 1.165) is 6.42 Å². The van der Waals surface area contributed by atoms with E-state index in [1.165, 1.54) is 12.3 Å². The molecule has 1 aromatic rings. The molecule has 4 nitrogen and oxygen atoms in total. The van der Waals surface area contributed by atoms with Crippen LogP contribution in [-0.2, 0) is 0 Å². The molecule has 0 radical (unpaired) electrons. The highest BCUT2D eigenvalue weighted by Crippen LogP contribution is 2.46. The third-order valence-corrected chi connectivity index (χ3v) is 3.22. The summed E-state index contributed by atoms with van der Waals surface area (Å²) in [5, 5.41) is 12.3. The van der Waals surface area contributed by atoms with Crippen molar-refractivity contribution in [3.63, 3.8) is 0 Å². The number of pyridine rings is 1. The monoisotopic (exact) mass is 240 g/mol. The lowest BCUT2D eigenvalue weighted by Gasteiger charge is -2.08. The molecule has 1 fully saturated rings. The van der Waals surface area contributed by atoms with Crippen molar-refractivity contribution in [2.24, 2.45) is 5.41 Å². The van der Waals surface area contributed by atoms with Crippen molar-refractivity contribution >= 4 is 23.4 Å². The van der Waals surface area contributed by atoms with Crippen LogP contribution in [0.4, 0.5) is 5.82 Å². The number of hydrogen-bond donors (Lipinski definition) is 2. The Balaban J connectivity index is 2.17. The summed E-state index contributed by atoms with van der Waals surface area (Å²) in [7, 11) is 0. The summed E-state index contributed by atoms with van der Waals surface area (Å²) in [6, 6.07) is 1.84. The average Bonchev–Trinajstić information content (AvgIpc) is 2.76. The Hall–Kier alpha value is -1.29. The predicted molar refractivity (Wildman–Crippen MR) is 62.0 cm³/mol. The van der Waals surface area contributed by atoms with Gasteiger partial charge in [-0.25, -0.2) is 9.78 Å². The molecule has 1 saturated carbocycles. The number of anilines is 1. The van der Waals surface area contributed by atoms with Crippen molar-refractivity contribution in [3.05, 3.63) is 22.8 Å². The Bertz CT molecular complexity index is 446. The second-order valence-electron chi connectivity index (χ2n) is 4.74. The van der Waals surface area contributed by atoms with Gasteiger partial charge in [0, 0.05) is 12.2 Å². The summed E-state index contributed by atoms with van der Waals surface area (Å²) in [6.07, 6.45) is 2.43. The molecule has 0 saturated heterocycles. The fourth-order valence-electron chi connectivity index (χ4n) is 1.57. The molecule has 1 aromatic heterocycles. The minimum Gasteiger partial charge on any atom is -0.478 e. The number of nitrogens with zero attached hydrogens (tertiary/aromatic N) is 1. The first-order valence-corrected chi connectivity index (χ1v) is 5.43. The Morgan fingerprint density at radius 1 is 1.69 bits per heavy atom. The van der Waals surface area contributed by atoms with Gasteiger partial charge in [-0.1, -0.05) is 25.4 Å². The van der Waals surface area contributed by atoms with E-state index >= 15 is 0 Å². The van der Waals surface area contributed by atoms with Gasteiger partial charge in [0.25, 0.3) is 0 Å². The Labute approximate surface area is 98.6 Å². The minimum absolute atomic E-state index is 0.0811. The van der Waals surface area contributed by atoms with Crippen LogP contribution in [0.5, 0.6) is 0 Å². The number of carboxylic acid groups (broad SMARTS) is 1. The SMILES string of the molecule is CC1(C)CC1Nc1cc(C(=O)O)c(Cl)cn1. The molecule has 5 heteroatoms. The van der Waals surface area contributed by atoms with Crippen LogP contribution in [0.1, 0.15) is 30.6 Å². The first kappa shape index (κ1) is 11.2. The van der Waals surface area contributed by atoms with E-state index in [2.05, 4.69) is 24.1 Å². The van der Waals surface area contributed by atoms with Crippen LogP contribution < -0.4 is 5.32 Å². The second-order valence-corrected chi connectivity index (χ2v) is 5.15. The molecule has 2 rings (SSSR count). The van der Waals surface area contributed by atoms with Crippen molar-refractivity contribution in [2.45, 2.75) is 26.3 Å². The molecule has 1 aliphatic rings. The van der Waals surface area contributed by atoms with Gasteiger partial charge in [-0.05, 0) is 17.9 Å². The first-order valence-electron chi connectivity index (χ1n) is 5.05. The van der Waals surface area contributed by atoms with Gasteiger partial charge in [-0.15, -0.1) is 0 Å². The fourth-order valence-corrected chi connectivity index (χ4v) is 1.76. The third-order valence-electron chi connectivity index (χ3n) is 2.92. The van der Waals surface area contributed by atoms with Crippen LogP contribution in [0.2, 0.25) is 5.02 Å². The maximum atomic E-state index is 10.9. The first-order chi connectivity index (χ1) is 7.40. The predicted octanol–water partition coefficient (Wildman–Crippen LogP) is 2.64. The summed E-state index contributed by atoms with van der Waals surface area (Å²) in [4.78, 5) is 14.9. The summed E-state index contributed by atoms with van der Waals surface area (Å²) in [5.74, 6) is -0.470. The number of aromatic nitrogens is 1. The van der Waals surface area contributed by atoms with Crippen molar-refractivity contribution in [1.82, 2.24) is 4.98 Å². The molecule has 1 aliphatic carbocycles. The number of carbonyl (C=O) groups is 1. The lowest BCUT2D eigenvalue weighted by Crippen LogP contribution is -2.10. The molecule has 0 bridgehead atoms. The highest BCUT2D eigenvalue weighted by atomic mass is 35.5. The van der Waals surface area contributed by atoms with Gasteiger partial charge in [0.1, 0.15) is 5.82 Å². The van der Waals surface area contributed by atoms with E-state index in [-0.39, 0.29) is 16.0 Å². The van der Waals surface area contributed by atoms with Crippen molar-refractivity contribution in [2.75, 3.05) is 5.32 Å². The van der Waals surface area contributed by atoms with Crippen LogP contribution in [0.15, 0.2) is 12.3 Å². The van der Waals surface area contributed by atoms with Crippen LogP contribution in [-0.4, -0.2) is 22.1 Å². The number of carboxylic acids is 1. The zero-order valence-corrected chi connectivity index (χ0v) is 9.88. The number of aromatic carboxylic acids is 1. The highest BCUT2D eigenvalue weighted by Gasteiger charge is 2.45. The molecule has 16 heavy (non-hydrogen) atoms. The van der Waals surface area contributed by atoms with Gasteiger partial charge in [0.05, 0.1) is 10.6 Å². The van der Waals surface area contributed by atoms with Gasteiger partial charge in [-0.3, -0.25) is 0 Å². The van der Waals surface area contributed by atoms with E-state index in [1.807, 2.05) is 0 Å². The van der Waals surface area contributed by atoms with Gasteiger partial charge in [0.2, 0.25) is 0 Å². The van der Waals surface area contributed by atoms with Gasteiger partial charge >= 0.3 is 5.97 Å². The van der Waals surface area contributed by atoms with Crippen molar-refractivity contribution in [3.8, 4) is 0 Å². The molecule has 2 N–H and O–H groups in total. The van der Waals surface area contributed by atoms with Crippen LogP contribution in [0.3, 0.4) is 0 Å². The second kappa shape index (κ2) is 3.63. The third kappa shape index (κ3) is 2.11. The molecule has 0 spiro atoms. The molecule has 1 heterocycles. The summed E-state index contributed by atoms with van der Waals surface area (Å²) >= 11 is 5.73. The minimum atomic E-state index is -1.04. The zero-order valence-electron chi connectivity index (χ0n) is 9.12. The number of nitrogens with one attached hydrogen (secondary N) is 1. The standard InChI is InChI=1S/C11H13ClN2O2/c1-11(2)4-8(11)14-9-3-6(10(15)16)7(12)5-13-9/h3,5,8H,4H2,1-2H3,(H,13,14)(H,15,16). The normalized spacial score (nSPS) is 21.6. The van der Waals surface area contributed by atoms with Gasteiger partial charge < -0.3 is 10.4 Å². The summed E-state index contributed by atoms with van der Waals surface area (Å²) < 4.78 is 0. The van der Waals surface area contributed by atoms with E-state index in [0.29, 0.717) is 11.9 Å². The number of rotatable bonds is 3. The average molecular weight is 241 g/mol. The molecule has 1 atom stereocenters. The topological polar surface area (TPSA) is 62.2 Å². The van der Waals surface area contributed by atoms with Gasteiger partial charge in [-0.2, -0.15) is 0 Å². The lowest BCUT2D eigenvalue weighted by molar-refractivity contribution is 0.0697. The van der Waals surface area contributed by atoms with Crippen molar-refractivity contribution < 1.29 is 9.90 Å². The maximum absolute atomic E-state index is 10.9. The zero-order chi connectivity index (χ0) is 11.9. The molecule has 86 valence electrons. The Kier molecular flexibility index (Phi) is 2.54. The van der Waals surface area contributed by atoms with Crippen LogP contribution in [0, 0.1) is 5.41 Å². The largest absolute Gasteiger partial charge is 0.478 e. The van der Waals surface area contributed by atoms with Crippen LogP contribution in [0.25, 0.3) is 0 Å². The smallest absolute Gasteiger partial charge is 0.337 e. The van der Waals surface area contributed by atoms with E-state index < -0.39 is 5.97 Å². The number of hydrogen-bond acceptors (Lipinski definition) is 3. The van der Waals surface area contributed by atoms with Gasteiger partial charge in [0.15, 0.2) is 0 Å². The Morgan fingerprint density at radius 2 is 2.31 bits per heavy atom. The molecular weight excluding hydrogens is 228 g/mol. The lowest BCUT2D eigenvalue weighted by atomic mass is 10.2. The summed E-state index contributed by atoms with van der Waals surface area (Å²) in [6.45, 7) is 4.30. The summed E-state index contributed by atoms with van der Waals surface area (Å²) in [5.41, 5.74) is 0.350. The van der Waals surface area contributed by atoms with Crippen molar-refractivity contribution in [1.29, 1.82) is 0 Å². The fraction of sp³-hybridized carbons (Fsp3) is 0.455. The maximum Gasteiger partial charge on any atom is 0.337 e. The quantitative estimate of drug-likeness (QED) is 0.853. The van der Waals surface area contributed by atoms with Crippen LogP contribution >= 0.6 is 11.6 Å². The molecule has 0 aromatic carbocycles. The highest BCUT2D eigenvalue weighted by molar-refractivity contribution is 6.33.